The monoisotopic (exact) mass is 324 g/mol. The third-order valence-corrected chi connectivity index (χ3v) is 3.87. The summed E-state index contributed by atoms with van der Waals surface area (Å²) in [5.74, 6) is 5.37. The lowest BCUT2D eigenvalue weighted by molar-refractivity contribution is 0.102. The molecule has 0 aliphatic heterocycles. The number of halogens is 2. The average molecular weight is 325 g/mol. The molecule has 2 aromatic rings. The van der Waals surface area contributed by atoms with E-state index in [1.54, 1.807) is 30.3 Å². The van der Waals surface area contributed by atoms with E-state index in [1.165, 1.54) is 0 Å². The molecule has 0 radical (unpaired) electrons. The molecule has 0 unspecified atom stereocenters. The van der Waals surface area contributed by atoms with Gasteiger partial charge in [-0.1, -0.05) is 35.0 Å². The normalized spacial score (nSPS) is 9.75. The Labute approximate surface area is 130 Å². The third-order valence-electron chi connectivity index (χ3n) is 2.38. The van der Waals surface area contributed by atoms with Crippen molar-refractivity contribution in [3.05, 3.63) is 50.1 Å². The van der Waals surface area contributed by atoms with E-state index in [0.29, 0.717) is 26.5 Å². The van der Waals surface area contributed by atoms with Gasteiger partial charge < -0.3 is 11.1 Å². The van der Waals surface area contributed by atoms with Gasteiger partial charge in [0.15, 0.2) is 0 Å². The maximum atomic E-state index is 12.0. The molecule has 0 aliphatic carbocycles. The van der Waals surface area contributed by atoms with E-state index >= 15 is 0 Å². The van der Waals surface area contributed by atoms with Crippen molar-refractivity contribution in [2.75, 3.05) is 11.9 Å². The van der Waals surface area contributed by atoms with Gasteiger partial charge in [0.2, 0.25) is 0 Å². The third kappa shape index (κ3) is 3.75. The van der Waals surface area contributed by atoms with Crippen molar-refractivity contribution in [3.8, 4) is 11.8 Å². The van der Waals surface area contributed by atoms with Crippen LogP contribution in [-0.2, 0) is 0 Å². The van der Waals surface area contributed by atoms with Crippen molar-refractivity contribution in [2.45, 2.75) is 0 Å². The van der Waals surface area contributed by atoms with Crippen molar-refractivity contribution < 1.29 is 4.79 Å². The number of thiophene rings is 1. The summed E-state index contributed by atoms with van der Waals surface area (Å²) >= 11 is 12.9. The first-order valence-corrected chi connectivity index (χ1v) is 7.22. The lowest BCUT2D eigenvalue weighted by atomic mass is 10.2. The summed E-state index contributed by atoms with van der Waals surface area (Å²) in [5, 5.41) is 2.75. The standard InChI is InChI=1S/C14H10Cl2N2OS/c15-12-8-11(13(16)20-12)14(19)18-10-5-3-9(4-6-10)2-1-7-17/h3-6,8H,7,17H2,(H,18,19). The van der Waals surface area contributed by atoms with Gasteiger partial charge in [0.05, 0.1) is 16.4 Å². The molecule has 3 N–H and O–H groups in total. The van der Waals surface area contributed by atoms with Gasteiger partial charge in [0.25, 0.3) is 5.91 Å². The molecule has 0 saturated carbocycles. The first-order chi connectivity index (χ1) is 9.60. The summed E-state index contributed by atoms with van der Waals surface area (Å²) in [5.41, 5.74) is 7.17. The zero-order chi connectivity index (χ0) is 14.5. The molecule has 0 spiro atoms. The van der Waals surface area contributed by atoms with Crippen molar-refractivity contribution >= 4 is 46.1 Å². The van der Waals surface area contributed by atoms with Crippen molar-refractivity contribution in [1.29, 1.82) is 0 Å². The predicted octanol–water partition coefficient (Wildman–Crippen LogP) is 3.62. The van der Waals surface area contributed by atoms with Gasteiger partial charge in [-0.25, -0.2) is 0 Å². The van der Waals surface area contributed by atoms with E-state index in [2.05, 4.69) is 17.2 Å². The van der Waals surface area contributed by atoms with Crippen LogP contribution in [0.25, 0.3) is 0 Å². The Balaban J connectivity index is 2.10. The number of rotatable bonds is 2. The zero-order valence-corrected chi connectivity index (χ0v) is 12.6. The first kappa shape index (κ1) is 14.9. The molecule has 0 saturated heterocycles. The molecule has 6 heteroatoms. The minimum atomic E-state index is -0.293. The van der Waals surface area contributed by atoms with E-state index in [4.69, 9.17) is 28.9 Å². The van der Waals surface area contributed by atoms with Crippen molar-refractivity contribution in [3.63, 3.8) is 0 Å². The van der Waals surface area contributed by atoms with Crippen LogP contribution in [-0.4, -0.2) is 12.5 Å². The molecule has 2 rings (SSSR count). The van der Waals surface area contributed by atoms with Gasteiger partial charge >= 0.3 is 0 Å². The second-order valence-electron chi connectivity index (χ2n) is 3.78. The number of amides is 1. The summed E-state index contributed by atoms with van der Waals surface area (Å²) in [6.07, 6.45) is 0. The Morgan fingerprint density at radius 3 is 2.55 bits per heavy atom. The number of nitrogens with one attached hydrogen (secondary N) is 1. The maximum absolute atomic E-state index is 12.0. The minimum Gasteiger partial charge on any atom is -0.322 e. The fourth-order valence-electron chi connectivity index (χ4n) is 1.48. The van der Waals surface area contributed by atoms with Crippen LogP contribution < -0.4 is 11.1 Å². The number of hydrogen-bond donors (Lipinski definition) is 2. The van der Waals surface area contributed by atoms with Gasteiger partial charge in [-0.3, -0.25) is 4.79 Å². The molecule has 0 aliphatic rings. The number of carbonyl (C=O) groups is 1. The fraction of sp³-hybridized carbons (Fsp3) is 0.0714. The van der Waals surface area contributed by atoms with Crippen LogP contribution in [0, 0.1) is 11.8 Å². The molecule has 0 atom stereocenters. The molecule has 1 aromatic heterocycles. The molecular weight excluding hydrogens is 315 g/mol. The molecule has 20 heavy (non-hydrogen) atoms. The topological polar surface area (TPSA) is 55.1 Å². The lowest BCUT2D eigenvalue weighted by Gasteiger charge is -2.04. The Bertz CT molecular complexity index is 683. The van der Waals surface area contributed by atoms with Crippen LogP contribution >= 0.6 is 34.5 Å². The maximum Gasteiger partial charge on any atom is 0.258 e. The molecular formula is C14H10Cl2N2OS. The minimum absolute atomic E-state index is 0.293. The molecule has 102 valence electrons. The lowest BCUT2D eigenvalue weighted by Crippen LogP contribution is -2.11. The Morgan fingerprint density at radius 1 is 1.30 bits per heavy atom. The second kappa shape index (κ2) is 6.78. The molecule has 1 aromatic carbocycles. The largest absolute Gasteiger partial charge is 0.322 e. The fourth-order valence-corrected chi connectivity index (χ4v) is 2.94. The van der Waals surface area contributed by atoms with Crippen molar-refractivity contribution in [2.24, 2.45) is 5.73 Å². The van der Waals surface area contributed by atoms with Crippen LogP contribution in [0.4, 0.5) is 5.69 Å². The van der Waals surface area contributed by atoms with Crippen LogP contribution in [0.3, 0.4) is 0 Å². The van der Waals surface area contributed by atoms with Gasteiger partial charge in [-0.15, -0.1) is 11.3 Å². The zero-order valence-electron chi connectivity index (χ0n) is 10.2. The van der Waals surface area contributed by atoms with Gasteiger partial charge in [-0.2, -0.15) is 0 Å². The number of carbonyl (C=O) groups excluding carboxylic acids is 1. The van der Waals surface area contributed by atoms with Crippen LogP contribution in [0.5, 0.6) is 0 Å². The van der Waals surface area contributed by atoms with Gasteiger partial charge in [0, 0.05) is 11.3 Å². The van der Waals surface area contributed by atoms with E-state index in [-0.39, 0.29) is 5.91 Å². The van der Waals surface area contributed by atoms with E-state index < -0.39 is 0 Å². The highest BCUT2D eigenvalue weighted by molar-refractivity contribution is 7.20. The Hall–Kier alpha value is -1.51. The highest BCUT2D eigenvalue weighted by atomic mass is 35.5. The smallest absolute Gasteiger partial charge is 0.258 e. The Morgan fingerprint density at radius 2 is 2.00 bits per heavy atom. The predicted molar refractivity (Wildman–Crippen MR) is 84.7 cm³/mol. The van der Waals surface area contributed by atoms with E-state index in [9.17, 15) is 4.79 Å². The SMILES string of the molecule is NCC#Cc1ccc(NC(=O)c2cc(Cl)sc2Cl)cc1. The van der Waals surface area contributed by atoms with Crippen LogP contribution in [0.15, 0.2) is 30.3 Å². The summed E-state index contributed by atoms with van der Waals surface area (Å²) in [7, 11) is 0. The Kier molecular flexibility index (Phi) is 5.05. The summed E-state index contributed by atoms with van der Waals surface area (Å²) in [4.78, 5) is 12.0. The van der Waals surface area contributed by atoms with Gasteiger partial charge in [0.1, 0.15) is 4.34 Å². The van der Waals surface area contributed by atoms with E-state index in [1.807, 2.05) is 0 Å². The summed E-state index contributed by atoms with van der Waals surface area (Å²) in [6, 6.07) is 8.69. The number of benzene rings is 1. The molecule has 1 heterocycles. The summed E-state index contributed by atoms with van der Waals surface area (Å²) < 4.78 is 0.852. The summed E-state index contributed by atoms with van der Waals surface area (Å²) in [6.45, 7) is 0.315. The molecule has 3 nitrogen and oxygen atoms in total. The van der Waals surface area contributed by atoms with Gasteiger partial charge in [-0.05, 0) is 30.3 Å². The van der Waals surface area contributed by atoms with Crippen LogP contribution in [0.2, 0.25) is 8.67 Å². The first-order valence-electron chi connectivity index (χ1n) is 5.65. The van der Waals surface area contributed by atoms with Crippen LogP contribution in [0.1, 0.15) is 15.9 Å². The molecule has 0 fully saturated rings. The number of hydrogen-bond acceptors (Lipinski definition) is 3. The highest BCUT2D eigenvalue weighted by Crippen LogP contribution is 2.31. The second-order valence-corrected chi connectivity index (χ2v) is 6.06. The number of nitrogens with two attached hydrogens (primary N) is 1. The molecule has 0 bridgehead atoms. The average Bonchev–Trinajstić information content (AvgIpc) is 2.77. The van der Waals surface area contributed by atoms with E-state index in [0.717, 1.165) is 16.9 Å². The van der Waals surface area contributed by atoms with Crippen molar-refractivity contribution in [1.82, 2.24) is 0 Å². The molecule has 1 amide bonds. The quantitative estimate of drug-likeness (QED) is 0.829. The number of anilines is 1. The highest BCUT2D eigenvalue weighted by Gasteiger charge is 2.14.